The Bertz CT molecular complexity index is 159. The third-order valence-corrected chi connectivity index (χ3v) is 1.80. The molecule has 1 rings (SSSR count). The van der Waals surface area contributed by atoms with Gasteiger partial charge in [0.1, 0.15) is 0 Å². The first kappa shape index (κ1) is 8.27. The van der Waals surface area contributed by atoms with Gasteiger partial charge in [0.2, 0.25) is 0 Å². The van der Waals surface area contributed by atoms with E-state index >= 15 is 0 Å². The number of ether oxygens (including phenoxy) is 1. The molecule has 0 amide bonds. The summed E-state index contributed by atoms with van der Waals surface area (Å²) in [4.78, 5) is 10.6. The van der Waals surface area contributed by atoms with Crippen LogP contribution in [0, 0.1) is 5.92 Å². The van der Waals surface area contributed by atoms with Crippen molar-refractivity contribution in [1.82, 2.24) is 5.32 Å². The highest BCUT2D eigenvalue weighted by Gasteiger charge is 2.10. The Labute approximate surface area is 66.4 Å². The van der Waals surface area contributed by atoms with Gasteiger partial charge in [-0.05, 0) is 18.9 Å². The van der Waals surface area contributed by atoms with Gasteiger partial charge in [-0.15, -0.1) is 0 Å². The van der Waals surface area contributed by atoms with Crippen LogP contribution in [0.3, 0.4) is 0 Å². The molecule has 0 spiro atoms. The zero-order valence-corrected chi connectivity index (χ0v) is 6.67. The molecule has 1 aliphatic heterocycles. The van der Waals surface area contributed by atoms with Crippen LogP contribution in [0.1, 0.15) is 6.42 Å². The topological polar surface area (TPSA) is 38.3 Å². The maximum atomic E-state index is 10.6. The van der Waals surface area contributed by atoms with Crippen LogP contribution < -0.4 is 5.32 Å². The highest BCUT2D eigenvalue weighted by molar-refractivity contribution is 5.81. The van der Waals surface area contributed by atoms with Crippen LogP contribution in [0.15, 0.2) is 12.2 Å². The van der Waals surface area contributed by atoms with Gasteiger partial charge in [-0.25, -0.2) is 4.79 Å². The number of carbonyl (C=O) groups is 1. The zero-order chi connectivity index (χ0) is 8.10. The van der Waals surface area contributed by atoms with Crippen LogP contribution in [0.2, 0.25) is 0 Å². The van der Waals surface area contributed by atoms with Crippen LogP contribution in [0.4, 0.5) is 0 Å². The Balaban J connectivity index is 2.27. The lowest BCUT2D eigenvalue weighted by Crippen LogP contribution is -2.07. The fourth-order valence-corrected chi connectivity index (χ4v) is 1.12. The highest BCUT2D eigenvalue weighted by Crippen LogP contribution is 2.08. The first-order valence-electron chi connectivity index (χ1n) is 3.80. The third kappa shape index (κ3) is 2.72. The summed E-state index contributed by atoms with van der Waals surface area (Å²) in [6.45, 7) is 2.03. The molecule has 11 heavy (non-hydrogen) atoms. The minimum Gasteiger partial charge on any atom is -0.466 e. The SMILES string of the molecule is COC(=O)/C=C/[C@H]1CCNC1. The van der Waals surface area contributed by atoms with E-state index in [1.165, 1.54) is 13.2 Å². The number of esters is 1. The second-order valence-corrected chi connectivity index (χ2v) is 2.64. The van der Waals surface area contributed by atoms with E-state index in [-0.39, 0.29) is 5.97 Å². The molecule has 1 saturated heterocycles. The summed E-state index contributed by atoms with van der Waals surface area (Å²) in [5.41, 5.74) is 0. The lowest BCUT2D eigenvalue weighted by atomic mass is 10.1. The maximum absolute atomic E-state index is 10.6. The molecule has 1 heterocycles. The van der Waals surface area contributed by atoms with Crippen LogP contribution in [0.5, 0.6) is 0 Å². The van der Waals surface area contributed by atoms with E-state index in [1.54, 1.807) is 0 Å². The molecule has 0 aliphatic carbocycles. The van der Waals surface area contributed by atoms with Crippen LogP contribution in [-0.2, 0) is 9.53 Å². The van der Waals surface area contributed by atoms with E-state index in [2.05, 4.69) is 10.1 Å². The predicted octanol–water partition coefficient (Wildman–Crippen LogP) is 0.325. The number of hydrogen-bond acceptors (Lipinski definition) is 3. The average molecular weight is 155 g/mol. The molecule has 0 radical (unpaired) electrons. The Morgan fingerprint density at radius 1 is 1.73 bits per heavy atom. The molecule has 1 N–H and O–H groups in total. The van der Waals surface area contributed by atoms with Crippen LogP contribution in [-0.4, -0.2) is 26.2 Å². The number of methoxy groups -OCH3 is 1. The minimum absolute atomic E-state index is 0.267. The van der Waals surface area contributed by atoms with E-state index in [0.717, 1.165) is 19.5 Å². The fourth-order valence-electron chi connectivity index (χ4n) is 1.12. The molecule has 3 heteroatoms. The van der Waals surface area contributed by atoms with E-state index in [4.69, 9.17) is 0 Å². The monoisotopic (exact) mass is 155 g/mol. The average Bonchev–Trinajstić information content (AvgIpc) is 2.52. The molecule has 0 aromatic rings. The van der Waals surface area contributed by atoms with E-state index in [1.807, 2.05) is 6.08 Å². The van der Waals surface area contributed by atoms with Gasteiger partial charge in [0.25, 0.3) is 0 Å². The summed E-state index contributed by atoms with van der Waals surface area (Å²) in [5.74, 6) is 0.242. The molecule has 0 aromatic heterocycles. The summed E-state index contributed by atoms with van der Waals surface area (Å²) < 4.78 is 4.46. The molecule has 0 aromatic carbocycles. The molecule has 62 valence electrons. The van der Waals surface area contributed by atoms with Gasteiger partial charge >= 0.3 is 5.97 Å². The van der Waals surface area contributed by atoms with E-state index in [9.17, 15) is 4.79 Å². The van der Waals surface area contributed by atoms with Crippen molar-refractivity contribution in [2.75, 3.05) is 20.2 Å². The molecule has 1 aliphatic rings. The maximum Gasteiger partial charge on any atom is 0.330 e. The normalized spacial score (nSPS) is 24.3. The van der Waals surface area contributed by atoms with Gasteiger partial charge in [0.15, 0.2) is 0 Å². The van der Waals surface area contributed by atoms with E-state index in [0.29, 0.717) is 5.92 Å². The first-order chi connectivity index (χ1) is 5.33. The van der Waals surface area contributed by atoms with Gasteiger partial charge in [-0.2, -0.15) is 0 Å². The van der Waals surface area contributed by atoms with Gasteiger partial charge in [-0.1, -0.05) is 6.08 Å². The van der Waals surface area contributed by atoms with Gasteiger partial charge in [-0.3, -0.25) is 0 Å². The Hall–Kier alpha value is -0.830. The standard InChI is InChI=1S/C8H13NO2/c1-11-8(10)3-2-7-4-5-9-6-7/h2-3,7,9H,4-6H2,1H3/b3-2+/t7-/m0/s1. The quantitative estimate of drug-likeness (QED) is 0.461. The highest BCUT2D eigenvalue weighted by atomic mass is 16.5. The smallest absolute Gasteiger partial charge is 0.330 e. The van der Waals surface area contributed by atoms with Crippen molar-refractivity contribution in [1.29, 1.82) is 0 Å². The molecular weight excluding hydrogens is 142 g/mol. The van der Waals surface area contributed by atoms with Gasteiger partial charge < -0.3 is 10.1 Å². The molecule has 1 atom stereocenters. The summed E-state index contributed by atoms with van der Waals surface area (Å²) in [6.07, 6.45) is 4.52. The molecule has 1 fully saturated rings. The third-order valence-electron chi connectivity index (χ3n) is 1.80. The van der Waals surface area contributed by atoms with Crippen molar-refractivity contribution in [2.24, 2.45) is 5.92 Å². The molecule has 3 nitrogen and oxygen atoms in total. The zero-order valence-electron chi connectivity index (χ0n) is 6.67. The summed E-state index contributed by atoms with van der Waals surface area (Å²) in [6, 6.07) is 0. The van der Waals surface area contributed by atoms with Crippen LogP contribution in [0.25, 0.3) is 0 Å². The van der Waals surface area contributed by atoms with Crippen molar-refractivity contribution in [3.8, 4) is 0 Å². The van der Waals surface area contributed by atoms with Crippen molar-refractivity contribution < 1.29 is 9.53 Å². The summed E-state index contributed by atoms with van der Waals surface area (Å²) in [5, 5.41) is 3.21. The summed E-state index contributed by atoms with van der Waals surface area (Å²) in [7, 11) is 1.39. The van der Waals surface area contributed by atoms with Crippen LogP contribution >= 0.6 is 0 Å². The predicted molar refractivity (Wildman–Crippen MR) is 42.1 cm³/mol. The minimum atomic E-state index is -0.267. The van der Waals surface area contributed by atoms with Crippen molar-refractivity contribution in [3.63, 3.8) is 0 Å². The van der Waals surface area contributed by atoms with E-state index < -0.39 is 0 Å². The Kier molecular flexibility index (Phi) is 3.11. The van der Waals surface area contributed by atoms with Gasteiger partial charge in [0, 0.05) is 12.6 Å². The number of nitrogens with one attached hydrogen (secondary N) is 1. The second-order valence-electron chi connectivity index (χ2n) is 2.64. The molecule has 0 bridgehead atoms. The second kappa shape index (κ2) is 4.13. The lowest BCUT2D eigenvalue weighted by molar-refractivity contribution is -0.134. The number of carbonyl (C=O) groups excluding carboxylic acids is 1. The largest absolute Gasteiger partial charge is 0.466 e. The first-order valence-corrected chi connectivity index (χ1v) is 3.80. The number of rotatable bonds is 2. The Morgan fingerprint density at radius 2 is 2.55 bits per heavy atom. The number of hydrogen-bond donors (Lipinski definition) is 1. The van der Waals surface area contributed by atoms with Crippen molar-refractivity contribution >= 4 is 5.97 Å². The summed E-state index contributed by atoms with van der Waals surface area (Å²) >= 11 is 0. The Morgan fingerprint density at radius 3 is 3.09 bits per heavy atom. The molecular formula is C8H13NO2. The molecule has 0 unspecified atom stereocenters. The fraction of sp³-hybridized carbons (Fsp3) is 0.625. The van der Waals surface area contributed by atoms with Gasteiger partial charge in [0.05, 0.1) is 7.11 Å². The van der Waals surface area contributed by atoms with Crippen molar-refractivity contribution in [2.45, 2.75) is 6.42 Å². The lowest BCUT2D eigenvalue weighted by Gasteiger charge is -1.97. The molecule has 0 saturated carbocycles. The van der Waals surface area contributed by atoms with Crippen molar-refractivity contribution in [3.05, 3.63) is 12.2 Å².